The van der Waals surface area contributed by atoms with Gasteiger partial charge in [-0.3, -0.25) is 0 Å². The van der Waals surface area contributed by atoms with E-state index in [-0.39, 0.29) is 0 Å². The fourth-order valence-electron chi connectivity index (χ4n) is 0.250. The van der Waals surface area contributed by atoms with Crippen molar-refractivity contribution >= 4 is 21.0 Å². The van der Waals surface area contributed by atoms with Crippen LogP contribution in [0.15, 0.2) is 11.6 Å². The quantitative estimate of drug-likeness (QED) is 0.566. The molecule has 0 rings (SSSR count). The maximum atomic E-state index is 3.71. The van der Waals surface area contributed by atoms with Gasteiger partial charge < -0.3 is 0 Å². The van der Waals surface area contributed by atoms with Gasteiger partial charge in [0.15, 0.2) is 0 Å². The average molecular weight is 179 g/mol. The second-order valence-electron chi connectivity index (χ2n) is 2.40. The maximum absolute atomic E-state index is 3.71. The van der Waals surface area contributed by atoms with Crippen molar-refractivity contribution in [1.29, 1.82) is 0 Å². The van der Waals surface area contributed by atoms with E-state index in [1.54, 1.807) is 0 Å². The summed E-state index contributed by atoms with van der Waals surface area (Å²) in [6.45, 7) is 10.1. The van der Waals surface area contributed by atoms with Crippen LogP contribution in [0.2, 0.25) is 19.6 Å². The van der Waals surface area contributed by atoms with Gasteiger partial charge in [-0.15, -0.1) is 0 Å². The SMILES string of the molecule is C=C[Se][Si](C)(C)C. The Labute approximate surface area is 52.6 Å². The van der Waals surface area contributed by atoms with Gasteiger partial charge >= 0.3 is 52.2 Å². The van der Waals surface area contributed by atoms with E-state index < -0.39 is 6.68 Å². The van der Waals surface area contributed by atoms with Crippen molar-refractivity contribution in [2.75, 3.05) is 0 Å². The van der Waals surface area contributed by atoms with E-state index in [1.165, 1.54) is 0 Å². The van der Waals surface area contributed by atoms with E-state index in [2.05, 4.69) is 31.2 Å². The molecule has 0 aromatic carbocycles. The van der Waals surface area contributed by atoms with Crippen molar-refractivity contribution in [1.82, 2.24) is 0 Å². The molecule has 0 N–H and O–H groups in total. The van der Waals surface area contributed by atoms with Crippen molar-refractivity contribution in [3.05, 3.63) is 11.6 Å². The number of hydrogen-bond acceptors (Lipinski definition) is 0. The summed E-state index contributed by atoms with van der Waals surface area (Å²) in [6, 6.07) is 0. The predicted molar refractivity (Wildman–Crippen MR) is 39.3 cm³/mol. The van der Waals surface area contributed by atoms with Gasteiger partial charge in [-0.2, -0.15) is 0 Å². The van der Waals surface area contributed by atoms with Crippen molar-refractivity contribution in [2.45, 2.75) is 19.6 Å². The Morgan fingerprint density at radius 3 is 1.86 bits per heavy atom. The molecule has 0 spiro atoms. The normalized spacial score (nSPS) is 11.3. The molecule has 7 heavy (non-hydrogen) atoms. The van der Waals surface area contributed by atoms with Gasteiger partial charge in [0.05, 0.1) is 0 Å². The van der Waals surface area contributed by atoms with E-state index in [9.17, 15) is 0 Å². The fraction of sp³-hybridized carbons (Fsp3) is 0.600. The summed E-state index contributed by atoms with van der Waals surface area (Å²) in [6.07, 6.45) is 0. The zero-order valence-corrected chi connectivity index (χ0v) is 7.91. The Morgan fingerprint density at radius 2 is 1.86 bits per heavy atom. The molecule has 0 unspecified atom stereocenters. The number of hydrogen-bond donors (Lipinski definition) is 0. The first-order valence-corrected chi connectivity index (χ1v) is 9.31. The molecular weight excluding hydrogens is 167 g/mol. The van der Waals surface area contributed by atoms with Crippen molar-refractivity contribution in [2.24, 2.45) is 0 Å². The van der Waals surface area contributed by atoms with Gasteiger partial charge in [0.2, 0.25) is 0 Å². The first kappa shape index (κ1) is 7.48. The Hall–Kier alpha value is 0.476. The molecule has 2 heteroatoms. The minimum atomic E-state index is -0.713. The monoisotopic (exact) mass is 180 g/mol. The predicted octanol–water partition coefficient (Wildman–Crippen LogP) is 1.67. The molecule has 0 amide bonds. The van der Waals surface area contributed by atoms with Crippen LogP contribution in [0.5, 0.6) is 0 Å². The van der Waals surface area contributed by atoms with Gasteiger partial charge in [-0.1, -0.05) is 0 Å². The van der Waals surface area contributed by atoms with Crippen molar-refractivity contribution in [3.8, 4) is 0 Å². The molecule has 0 saturated heterocycles. The van der Waals surface area contributed by atoms with Gasteiger partial charge in [0.25, 0.3) is 0 Å². The summed E-state index contributed by atoms with van der Waals surface area (Å²) < 4.78 is 0. The van der Waals surface area contributed by atoms with Crippen LogP contribution in [-0.4, -0.2) is 21.0 Å². The molecule has 0 atom stereocenters. The zero-order valence-electron chi connectivity index (χ0n) is 5.19. The standard InChI is InChI=1S/C5H12SeSi/c1-5-6-7(2,3)4/h5H,1H2,2-4H3. The van der Waals surface area contributed by atoms with Gasteiger partial charge in [-0.05, 0) is 0 Å². The van der Waals surface area contributed by atoms with Crippen LogP contribution >= 0.6 is 0 Å². The minimum absolute atomic E-state index is 0.713. The summed E-state index contributed by atoms with van der Waals surface area (Å²) in [5.41, 5.74) is 0. The summed E-state index contributed by atoms with van der Waals surface area (Å²) in [5.74, 6) is 0. The van der Waals surface area contributed by atoms with Crippen molar-refractivity contribution in [3.63, 3.8) is 0 Å². The molecule has 0 nitrogen and oxygen atoms in total. The van der Waals surface area contributed by atoms with E-state index in [1.807, 2.05) is 0 Å². The summed E-state index contributed by atoms with van der Waals surface area (Å²) in [7, 11) is 0. The van der Waals surface area contributed by atoms with E-state index in [4.69, 9.17) is 0 Å². The van der Waals surface area contributed by atoms with Crippen LogP contribution in [-0.2, 0) is 0 Å². The molecule has 0 fully saturated rings. The second-order valence-corrected chi connectivity index (χ2v) is 16.7. The second kappa shape index (κ2) is 2.70. The topological polar surface area (TPSA) is 0 Å². The third-order valence-corrected chi connectivity index (χ3v) is 6.81. The first-order chi connectivity index (χ1) is 3.06. The van der Waals surface area contributed by atoms with Gasteiger partial charge in [-0.25, -0.2) is 0 Å². The molecule has 0 aromatic rings. The number of rotatable bonds is 2. The molecule has 0 bridgehead atoms. The molecule has 42 valence electrons. The van der Waals surface area contributed by atoms with Crippen LogP contribution < -0.4 is 0 Å². The Bertz CT molecular complexity index is 63.0. The Balaban J connectivity index is 3.34. The van der Waals surface area contributed by atoms with Crippen LogP contribution in [0.3, 0.4) is 0 Å². The van der Waals surface area contributed by atoms with E-state index in [0.29, 0.717) is 0 Å². The molecule has 0 aliphatic heterocycles. The van der Waals surface area contributed by atoms with Crippen LogP contribution in [0.1, 0.15) is 0 Å². The van der Waals surface area contributed by atoms with Crippen molar-refractivity contribution < 1.29 is 0 Å². The fourth-order valence-corrected chi connectivity index (χ4v) is 3.90. The van der Waals surface area contributed by atoms with Gasteiger partial charge in [0.1, 0.15) is 0 Å². The molecule has 0 heterocycles. The average Bonchev–Trinajstić information content (AvgIpc) is 1.30. The molecule has 0 aliphatic carbocycles. The van der Waals surface area contributed by atoms with Crippen LogP contribution in [0.4, 0.5) is 0 Å². The molecule has 0 aliphatic rings. The first-order valence-electron chi connectivity index (χ1n) is 2.35. The van der Waals surface area contributed by atoms with E-state index >= 15 is 0 Å². The molecule has 0 radical (unpaired) electrons. The summed E-state index contributed by atoms with van der Waals surface area (Å²) >= 11 is 0.757. The third-order valence-electron chi connectivity index (χ3n) is 0.437. The molecular formula is C5H12SeSi. The van der Waals surface area contributed by atoms with Gasteiger partial charge in [0, 0.05) is 0 Å². The molecule has 0 aromatic heterocycles. The van der Waals surface area contributed by atoms with Crippen LogP contribution in [0.25, 0.3) is 0 Å². The summed E-state index contributed by atoms with van der Waals surface area (Å²) in [5, 5.41) is 0. The Kier molecular flexibility index (Phi) is 2.89. The third kappa shape index (κ3) is 6.48. The zero-order chi connectivity index (χ0) is 5.91. The summed E-state index contributed by atoms with van der Waals surface area (Å²) in [4.78, 5) is 2.08. The Morgan fingerprint density at radius 1 is 1.43 bits per heavy atom. The molecule has 0 saturated carbocycles. The van der Waals surface area contributed by atoms with E-state index in [0.717, 1.165) is 14.3 Å². The van der Waals surface area contributed by atoms with Crippen LogP contribution in [0, 0.1) is 0 Å².